The molecule has 154 valence electrons. The van der Waals surface area contributed by atoms with Crippen LogP contribution >= 0.6 is 24.0 Å². The Morgan fingerprint density at radius 2 is 1.77 bits per heavy atom. The predicted octanol–water partition coefficient (Wildman–Crippen LogP) is 5.51. The van der Waals surface area contributed by atoms with Crippen LogP contribution in [0.1, 0.15) is 25.3 Å². The number of unbranched alkanes of at least 4 members (excludes halogenated alkanes) is 1. The normalized spacial score (nSPS) is 18.4. The summed E-state index contributed by atoms with van der Waals surface area (Å²) in [4.78, 5) is 17.2. The van der Waals surface area contributed by atoms with Crippen LogP contribution < -0.4 is 9.64 Å². The molecule has 0 aromatic heterocycles. The molecule has 4 rings (SSSR count). The number of allylic oxidation sites excluding steroid dienone is 2. The number of amides is 1. The molecule has 2 aliphatic heterocycles. The van der Waals surface area contributed by atoms with Gasteiger partial charge in [-0.25, -0.2) is 0 Å². The molecule has 2 aromatic carbocycles. The third-order valence-electron chi connectivity index (χ3n) is 5.09. The third-order valence-corrected chi connectivity index (χ3v) is 6.49. The van der Waals surface area contributed by atoms with Crippen molar-refractivity contribution >= 4 is 39.9 Å². The molecule has 4 nitrogen and oxygen atoms in total. The van der Waals surface area contributed by atoms with Gasteiger partial charge in [0.15, 0.2) is 5.75 Å². The number of hydrogen-bond donors (Lipinski definition) is 0. The Morgan fingerprint density at radius 3 is 2.57 bits per heavy atom. The number of thiocarbonyl (C=S) groups is 1. The molecule has 1 fully saturated rings. The summed E-state index contributed by atoms with van der Waals surface area (Å²) in [7, 11) is 0. The number of carbonyl (C=O) groups excluding carboxylic acids is 1. The number of rotatable bonds is 7. The number of ether oxygens (including phenoxy) is 1. The molecule has 30 heavy (non-hydrogen) atoms. The number of nitrogens with zero attached hydrogens (tertiary/aromatic N) is 2. The zero-order valence-electron chi connectivity index (χ0n) is 16.9. The van der Waals surface area contributed by atoms with Gasteiger partial charge < -0.3 is 9.64 Å². The number of para-hydroxylation sites is 2. The summed E-state index contributed by atoms with van der Waals surface area (Å²) in [5.74, 6) is 1.55. The lowest BCUT2D eigenvalue weighted by molar-refractivity contribution is -0.122. The molecule has 6 heteroatoms. The first-order valence-electron chi connectivity index (χ1n) is 10.2. The van der Waals surface area contributed by atoms with Crippen LogP contribution in [0.25, 0.3) is 0 Å². The highest BCUT2D eigenvalue weighted by Gasteiger charge is 2.31. The maximum atomic E-state index is 12.7. The fraction of sp³-hybridized carbons (Fsp3) is 0.250. The zero-order valence-corrected chi connectivity index (χ0v) is 18.5. The molecular formula is C24H24N2O2S2. The van der Waals surface area contributed by atoms with Crippen LogP contribution in [0.15, 0.2) is 77.5 Å². The first-order chi connectivity index (χ1) is 14.7. The quantitative estimate of drug-likeness (QED) is 0.422. The van der Waals surface area contributed by atoms with Crippen LogP contribution in [0.3, 0.4) is 0 Å². The van der Waals surface area contributed by atoms with Crippen LogP contribution in [-0.2, 0) is 11.2 Å². The van der Waals surface area contributed by atoms with Gasteiger partial charge in [-0.3, -0.25) is 9.69 Å². The Hall–Kier alpha value is -2.57. The van der Waals surface area contributed by atoms with Crippen molar-refractivity contribution in [3.05, 3.63) is 83.1 Å². The molecule has 0 N–H and O–H groups in total. The summed E-state index contributed by atoms with van der Waals surface area (Å²) >= 11 is 6.76. The van der Waals surface area contributed by atoms with E-state index in [9.17, 15) is 4.79 Å². The van der Waals surface area contributed by atoms with Gasteiger partial charge in [-0.2, -0.15) is 0 Å². The number of hydrogen-bond acceptors (Lipinski definition) is 5. The van der Waals surface area contributed by atoms with Gasteiger partial charge in [0.2, 0.25) is 5.88 Å². The summed E-state index contributed by atoms with van der Waals surface area (Å²) in [5, 5.41) is 0. The van der Waals surface area contributed by atoms with Crippen molar-refractivity contribution < 1.29 is 9.53 Å². The number of benzene rings is 2. The molecule has 0 aliphatic carbocycles. The van der Waals surface area contributed by atoms with Gasteiger partial charge >= 0.3 is 0 Å². The van der Waals surface area contributed by atoms with E-state index < -0.39 is 0 Å². The van der Waals surface area contributed by atoms with Crippen molar-refractivity contribution in [3.8, 4) is 5.75 Å². The zero-order chi connectivity index (χ0) is 20.9. The standard InChI is InChI=1S/C24H24N2O2S2/c1-2-3-16-26-23(27)21(30-24(26)29)13-14-22-25(17-15-18-9-5-4-6-10-18)19-11-7-8-12-20(19)28-22/h4-14H,2-3,15-17H2,1H3/b21-13-,22-14+. The highest BCUT2D eigenvalue weighted by Crippen LogP contribution is 2.39. The molecule has 2 heterocycles. The summed E-state index contributed by atoms with van der Waals surface area (Å²) in [6.45, 7) is 3.58. The molecule has 0 atom stereocenters. The van der Waals surface area contributed by atoms with E-state index in [1.54, 1.807) is 4.90 Å². The largest absolute Gasteiger partial charge is 0.439 e. The van der Waals surface area contributed by atoms with Gasteiger partial charge in [-0.1, -0.05) is 79.8 Å². The molecule has 0 bridgehead atoms. The highest BCUT2D eigenvalue weighted by molar-refractivity contribution is 8.26. The lowest BCUT2D eigenvalue weighted by Gasteiger charge is -2.18. The number of thioether (sulfide) groups is 1. The van der Waals surface area contributed by atoms with Gasteiger partial charge in [-0.15, -0.1) is 0 Å². The fourth-order valence-corrected chi connectivity index (χ4v) is 4.71. The average Bonchev–Trinajstić information content (AvgIpc) is 3.26. The second-order valence-corrected chi connectivity index (χ2v) is 8.85. The molecular weight excluding hydrogens is 412 g/mol. The van der Waals surface area contributed by atoms with E-state index in [-0.39, 0.29) is 5.91 Å². The fourth-order valence-electron chi connectivity index (χ4n) is 3.46. The maximum Gasteiger partial charge on any atom is 0.266 e. The van der Waals surface area contributed by atoms with E-state index >= 15 is 0 Å². The number of carbonyl (C=O) groups is 1. The van der Waals surface area contributed by atoms with E-state index in [2.05, 4.69) is 42.2 Å². The van der Waals surface area contributed by atoms with Gasteiger partial charge in [-0.05, 0) is 36.6 Å². The Labute approximate surface area is 187 Å². The SMILES string of the molecule is CCCCN1C(=O)/C(=C/C=C2/Oc3ccccc3N2CCc2ccccc2)SC1=S. The minimum Gasteiger partial charge on any atom is -0.439 e. The molecule has 2 aromatic rings. The minimum absolute atomic E-state index is 0.0124. The molecule has 1 saturated heterocycles. The first-order valence-corrected chi connectivity index (χ1v) is 11.4. The van der Waals surface area contributed by atoms with Crippen LogP contribution in [-0.4, -0.2) is 28.2 Å². The minimum atomic E-state index is -0.0124. The lowest BCUT2D eigenvalue weighted by Crippen LogP contribution is -2.28. The maximum absolute atomic E-state index is 12.7. The van der Waals surface area contributed by atoms with Gasteiger partial charge in [0.1, 0.15) is 4.32 Å². The van der Waals surface area contributed by atoms with Crippen LogP contribution in [0.5, 0.6) is 5.75 Å². The molecule has 0 unspecified atom stereocenters. The van der Waals surface area contributed by atoms with Crippen LogP contribution in [0.4, 0.5) is 5.69 Å². The summed E-state index contributed by atoms with van der Waals surface area (Å²) < 4.78 is 6.73. The van der Waals surface area contributed by atoms with Crippen molar-refractivity contribution in [2.45, 2.75) is 26.2 Å². The van der Waals surface area contributed by atoms with E-state index in [1.165, 1.54) is 17.3 Å². The number of anilines is 1. The second-order valence-electron chi connectivity index (χ2n) is 7.17. The van der Waals surface area contributed by atoms with Crippen molar-refractivity contribution in [1.29, 1.82) is 0 Å². The summed E-state index contributed by atoms with van der Waals surface area (Å²) in [6, 6.07) is 18.4. The van der Waals surface area contributed by atoms with Gasteiger partial charge in [0.05, 0.1) is 10.6 Å². The van der Waals surface area contributed by atoms with E-state index in [0.717, 1.165) is 43.1 Å². The average molecular weight is 437 g/mol. The summed E-state index contributed by atoms with van der Waals surface area (Å²) in [5.41, 5.74) is 2.32. The molecule has 0 spiro atoms. The molecule has 0 saturated carbocycles. The van der Waals surface area contributed by atoms with Gasteiger partial charge in [0, 0.05) is 19.2 Å². The van der Waals surface area contributed by atoms with E-state index in [4.69, 9.17) is 17.0 Å². The Bertz CT molecular complexity index is 1000. The molecule has 1 amide bonds. The molecule has 0 radical (unpaired) electrons. The molecule has 2 aliphatic rings. The van der Waals surface area contributed by atoms with E-state index in [0.29, 0.717) is 15.8 Å². The smallest absolute Gasteiger partial charge is 0.266 e. The van der Waals surface area contributed by atoms with Crippen molar-refractivity contribution in [3.63, 3.8) is 0 Å². The topological polar surface area (TPSA) is 32.8 Å². The number of fused-ring (bicyclic) bond motifs is 1. The van der Waals surface area contributed by atoms with Crippen LogP contribution in [0.2, 0.25) is 0 Å². The Morgan fingerprint density at radius 1 is 1.00 bits per heavy atom. The highest BCUT2D eigenvalue weighted by atomic mass is 32.2. The third kappa shape index (κ3) is 4.45. The Balaban J connectivity index is 1.54. The second kappa shape index (κ2) is 9.49. The van der Waals surface area contributed by atoms with E-state index in [1.807, 2.05) is 36.4 Å². The monoisotopic (exact) mass is 436 g/mol. The first kappa shape index (κ1) is 20.7. The van der Waals surface area contributed by atoms with Crippen molar-refractivity contribution in [2.24, 2.45) is 0 Å². The summed E-state index contributed by atoms with van der Waals surface area (Å²) in [6.07, 6.45) is 6.60. The Kier molecular flexibility index (Phi) is 6.55. The van der Waals surface area contributed by atoms with Crippen molar-refractivity contribution in [2.75, 3.05) is 18.0 Å². The van der Waals surface area contributed by atoms with Crippen LogP contribution in [0, 0.1) is 0 Å². The van der Waals surface area contributed by atoms with Gasteiger partial charge in [0.25, 0.3) is 5.91 Å². The lowest BCUT2D eigenvalue weighted by atomic mass is 10.1. The van der Waals surface area contributed by atoms with Crippen molar-refractivity contribution in [1.82, 2.24) is 4.90 Å². The predicted molar refractivity (Wildman–Crippen MR) is 128 cm³/mol.